The molecule has 3 heteroatoms. The van der Waals surface area contributed by atoms with Crippen molar-refractivity contribution in [1.29, 1.82) is 0 Å². The smallest absolute Gasteiger partial charge is 0.259 e. The maximum Gasteiger partial charge on any atom is 0.259 e. The molecule has 0 saturated heterocycles. The molecule has 0 unspecified atom stereocenters. The Morgan fingerprint density at radius 2 is 1.64 bits per heavy atom. The lowest BCUT2D eigenvalue weighted by molar-refractivity contribution is -0.115. The summed E-state index contributed by atoms with van der Waals surface area (Å²) in [5.74, 6) is 0.190. The molecule has 0 aromatic heterocycles. The average Bonchev–Trinajstić information content (AvgIpc) is 2.98. The van der Waals surface area contributed by atoms with Crippen molar-refractivity contribution >= 4 is 23.0 Å². The number of hydrogen-bond donors (Lipinski definition) is 0. The molecule has 0 bridgehead atoms. The van der Waals surface area contributed by atoms with Gasteiger partial charge in [-0.2, -0.15) is 0 Å². The summed E-state index contributed by atoms with van der Waals surface area (Å²) in [5, 5.41) is 0. The van der Waals surface area contributed by atoms with Crippen LogP contribution in [0.1, 0.15) is 34.3 Å². The third kappa shape index (κ3) is 1.15. The first-order valence-corrected chi connectivity index (χ1v) is 7.52. The van der Waals surface area contributed by atoms with Gasteiger partial charge in [-0.3, -0.25) is 14.5 Å². The Morgan fingerprint density at radius 3 is 2.50 bits per heavy atom. The first-order chi connectivity index (χ1) is 10.7. The Bertz CT molecular complexity index is 896. The van der Waals surface area contributed by atoms with E-state index in [9.17, 15) is 9.59 Å². The molecule has 3 aliphatic rings. The molecule has 1 spiro atoms. The summed E-state index contributed by atoms with van der Waals surface area (Å²) in [6.45, 7) is 0. The van der Waals surface area contributed by atoms with Gasteiger partial charge in [-0.1, -0.05) is 36.4 Å². The number of hydrogen-bond acceptors (Lipinski definition) is 2. The summed E-state index contributed by atoms with van der Waals surface area (Å²) < 4.78 is 0. The lowest BCUT2D eigenvalue weighted by atomic mass is 9.75. The van der Waals surface area contributed by atoms with Crippen molar-refractivity contribution in [1.82, 2.24) is 0 Å². The molecule has 1 aliphatic carbocycles. The summed E-state index contributed by atoms with van der Waals surface area (Å²) in [6.07, 6.45) is 2.89. The number of amides is 1. The van der Waals surface area contributed by atoms with Gasteiger partial charge in [0.05, 0.1) is 5.69 Å². The van der Waals surface area contributed by atoms with Crippen LogP contribution in [0.2, 0.25) is 0 Å². The van der Waals surface area contributed by atoms with Crippen molar-refractivity contribution in [2.24, 2.45) is 0 Å². The molecule has 2 heterocycles. The Morgan fingerprint density at radius 1 is 0.909 bits per heavy atom. The highest BCUT2D eigenvalue weighted by Crippen LogP contribution is 2.60. The SMILES string of the molecule is O=C1C=C2c3ccccc3N3C(=O)c4ccccc4[C@]23CC1. The number of carbonyl (C=O) groups is 2. The van der Waals surface area contributed by atoms with Crippen LogP contribution in [0.15, 0.2) is 54.6 Å². The third-order valence-corrected chi connectivity index (χ3v) is 5.11. The van der Waals surface area contributed by atoms with E-state index in [2.05, 4.69) is 0 Å². The van der Waals surface area contributed by atoms with Crippen LogP contribution in [-0.4, -0.2) is 11.7 Å². The van der Waals surface area contributed by atoms with Gasteiger partial charge < -0.3 is 0 Å². The van der Waals surface area contributed by atoms with E-state index in [0.717, 1.165) is 28.0 Å². The number of benzene rings is 2. The predicted octanol–water partition coefficient (Wildman–Crippen LogP) is 3.30. The van der Waals surface area contributed by atoms with Crippen molar-refractivity contribution in [3.05, 3.63) is 71.3 Å². The lowest BCUT2D eigenvalue weighted by Gasteiger charge is -2.36. The van der Waals surface area contributed by atoms with Crippen LogP contribution in [0.25, 0.3) is 5.57 Å². The second-order valence-corrected chi connectivity index (χ2v) is 6.09. The minimum absolute atomic E-state index is 0.0424. The van der Waals surface area contributed by atoms with Crippen LogP contribution in [0.5, 0.6) is 0 Å². The fraction of sp³-hybridized carbons (Fsp3) is 0.158. The second-order valence-electron chi connectivity index (χ2n) is 6.09. The van der Waals surface area contributed by atoms with Crippen molar-refractivity contribution in [2.45, 2.75) is 18.4 Å². The minimum Gasteiger partial charge on any atom is -0.295 e. The van der Waals surface area contributed by atoms with E-state index in [0.29, 0.717) is 12.8 Å². The second kappa shape index (κ2) is 3.74. The van der Waals surface area contributed by atoms with Crippen LogP contribution < -0.4 is 4.90 Å². The molecular formula is C19H13NO2. The Kier molecular flexibility index (Phi) is 2.03. The Labute approximate surface area is 127 Å². The maximum absolute atomic E-state index is 13.0. The Hall–Kier alpha value is -2.68. The zero-order chi connectivity index (χ0) is 14.9. The van der Waals surface area contributed by atoms with Gasteiger partial charge in [0.15, 0.2) is 5.78 Å². The van der Waals surface area contributed by atoms with Crippen LogP contribution >= 0.6 is 0 Å². The van der Waals surface area contributed by atoms with E-state index < -0.39 is 5.54 Å². The number of nitrogens with zero attached hydrogens (tertiary/aromatic N) is 1. The summed E-state index contributed by atoms with van der Waals surface area (Å²) in [5.41, 5.74) is 4.23. The van der Waals surface area contributed by atoms with Crippen LogP contribution in [-0.2, 0) is 10.3 Å². The molecule has 0 radical (unpaired) electrons. The summed E-state index contributed by atoms with van der Waals surface area (Å²) in [6, 6.07) is 15.7. The average molecular weight is 287 g/mol. The van der Waals surface area contributed by atoms with E-state index in [-0.39, 0.29) is 11.7 Å². The van der Waals surface area contributed by atoms with Gasteiger partial charge in [-0.25, -0.2) is 0 Å². The zero-order valence-corrected chi connectivity index (χ0v) is 11.9. The van der Waals surface area contributed by atoms with Gasteiger partial charge >= 0.3 is 0 Å². The quantitative estimate of drug-likeness (QED) is 0.745. The van der Waals surface area contributed by atoms with Crippen LogP contribution in [0, 0.1) is 0 Å². The van der Waals surface area contributed by atoms with Gasteiger partial charge in [0.1, 0.15) is 5.54 Å². The third-order valence-electron chi connectivity index (χ3n) is 5.11. The molecule has 3 nitrogen and oxygen atoms in total. The largest absolute Gasteiger partial charge is 0.295 e. The van der Waals surface area contributed by atoms with E-state index in [1.165, 1.54) is 0 Å². The van der Waals surface area contributed by atoms with E-state index in [4.69, 9.17) is 0 Å². The molecule has 1 amide bonds. The van der Waals surface area contributed by atoms with Gasteiger partial charge in [-0.15, -0.1) is 0 Å². The highest BCUT2D eigenvalue weighted by atomic mass is 16.2. The molecule has 0 saturated carbocycles. The van der Waals surface area contributed by atoms with Crippen LogP contribution in [0.3, 0.4) is 0 Å². The van der Waals surface area contributed by atoms with Gasteiger partial charge in [0.2, 0.25) is 0 Å². The van der Waals surface area contributed by atoms with Gasteiger partial charge in [0.25, 0.3) is 5.91 Å². The number of ketones is 1. The van der Waals surface area contributed by atoms with Crippen molar-refractivity contribution in [2.75, 3.05) is 4.90 Å². The molecule has 22 heavy (non-hydrogen) atoms. The number of carbonyl (C=O) groups excluding carboxylic acids is 2. The number of rotatable bonds is 0. The summed E-state index contributed by atoms with van der Waals surface area (Å²) >= 11 is 0. The molecule has 2 aromatic rings. The van der Waals surface area contributed by atoms with E-state index in [1.54, 1.807) is 6.08 Å². The molecule has 2 aliphatic heterocycles. The Balaban J connectivity index is 1.92. The first kappa shape index (κ1) is 11.9. The predicted molar refractivity (Wildman–Crippen MR) is 83.6 cm³/mol. The van der Waals surface area contributed by atoms with Gasteiger partial charge in [-0.05, 0) is 35.8 Å². The minimum atomic E-state index is -0.481. The normalized spacial score (nSPS) is 24.5. The summed E-state index contributed by atoms with van der Waals surface area (Å²) in [4.78, 5) is 26.9. The molecular weight excluding hydrogens is 274 g/mol. The van der Waals surface area contributed by atoms with E-state index in [1.807, 2.05) is 53.4 Å². The zero-order valence-electron chi connectivity index (χ0n) is 11.9. The first-order valence-electron chi connectivity index (χ1n) is 7.52. The lowest BCUT2D eigenvalue weighted by Crippen LogP contribution is -2.42. The highest BCUT2D eigenvalue weighted by Gasteiger charge is 2.58. The fourth-order valence-corrected chi connectivity index (χ4v) is 4.26. The number of anilines is 1. The standard InChI is InChI=1S/C19H13NO2/c21-12-9-10-19-15-7-3-1-6-14(15)18(22)20(19)17-8-4-2-5-13(17)16(19)11-12/h1-8,11H,9-10H2/t19-/m1/s1. The number of allylic oxidation sites excluding steroid dienone is 1. The van der Waals surface area contributed by atoms with Gasteiger partial charge in [0, 0.05) is 17.5 Å². The van der Waals surface area contributed by atoms with Crippen LogP contribution in [0.4, 0.5) is 5.69 Å². The summed E-state index contributed by atoms with van der Waals surface area (Å²) in [7, 11) is 0. The molecule has 106 valence electrons. The highest BCUT2D eigenvalue weighted by molar-refractivity contribution is 6.21. The fourth-order valence-electron chi connectivity index (χ4n) is 4.26. The number of fused-ring (bicyclic) bond motifs is 4. The molecule has 0 fully saturated rings. The molecule has 5 rings (SSSR count). The van der Waals surface area contributed by atoms with Crippen molar-refractivity contribution in [3.8, 4) is 0 Å². The molecule has 0 N–H and O–H groups in total. The monoisotopic (exact) mass is 287 g/mol. The number of para-hydroxylation sites is 1. The molecule has 1 atom stereocenters. The van der Waals surface area contributed by atoms with Crippen molar-refractivity contribution < 1.29 is 9.59 Å². The van der Waals surface area contributed by atoms with Crippen molar-refractivity contribution in [3.63, 3.8) is 0 Å². The van der Waals surface area contributed by atoms with E-state index >= 15 is 0 Å². The topological polar surface area (TPSA) is 37.4 Å². The maximum atomic E-state index is 13.0. The molecule has 2 aromatic carbocycles.